The molecule has 8 heteroatoms. The zero-order valence-corrected chi connectivity index (χ0v) is 16.6. The number of nitrogens with one attached hydrogen (secondary N) is 2. The summed E-state index contributed by atoms with van der Waals surface area (Å²) in [5.74, 6) is -1.24. The quantitative estimate of drug-likeness (QED) is 0.551. The molecule has 0 atom stereocenters. The summed E-state index contributed by atoms with van der Waals surface area (Å²) in [5.41, 5.74) is 1.14. The molecule has 2 N–H and O–H groups in total. The highest BCUT2D eigenvalue weighted by Crippen LogP contribution is 2.21. The Labute approximate surface area is 168 Å². The first-order valence-electron chi connectivity index (χ1n) is 9.02. The minimum absolute atomic E-state index is 0.196. The Morgan fingerprint density at radius 2 is 1.97 bits per heavy atom. The molecular formula is C21H21F2N3O2S. The average molecular weight is 417 g/mol. The lowest BCUT2D eigenvalue weighted by atomic mass is 10.1. The normalized spacial score (nSPS) is 12.4. The predicted molar refractivity (Wildman–Crippen MR) is 110 cm³/mol. The number of hydrogen-bond donors (Lipinski definition) is 2. The zero-order valence-electron chi connectivity index (χ0n) is 15.8. The third-order valence-electron chi connectivity index (χ3n) is 4.29. The first kappa shape index (κ1) is 21.0. The van der Waals surface area contributed by atoms with Gasteiger partial charge in [-0.05, 0) is 31.2 Å². The Morgan fingerprint density at radius 3 is 2.76 bits per heavy atom. The summed E-state index contributed by atoms with van der Waals surface area (Å²) in [6.07, 6.45) is 4.80. The van der Waals surface area contributed by atoms with Gasteiger partial charge in [0.05, 0.1) is 4.90 Å². The molecule has 0 spiro atoms. The summed E-state index contributed by atoms with van der Waals surface area (Å²) >= 11 is 0. The maximum absolute atomic E-state index is 13.7. The highest BCUT2D eigenvalue weighted by atomic mass is 32.2. The third-order valence-corrected chi connectivity index (χ3v) is 5.81. The molecule has 0 saturated heterocycles. The lowest BCUT2D eigenvalue weighted by Gasteiger charge is -2.10. The van der Waals surface area contributed by atoms with E-state index >= 15 is 0 Å². The summed E-state index contributed by atoms with van der Waals surface area (Å²) in [6, 6.07) is 10.1. The Balaban J connectivity index is 1.54. The van der Waals surface area contributed by atoms with Crippen molar-refractivity contribution < 1.29 is 17.2 Å². The molecule has 0 aliphatic carbocycles. The lowest BCUT2D eigenvalue weighted by molar-refractivity contribution is 0.578. The zero-order chi connectivity index (χ0) is 20.9. The number of pyridine rings is 1. The highest BCUT2D eigenvalue weighted by molar-refractivity contribution is 7.89. The van der Waals surface area contributed by atoms with Crippen LogP contribution in [0.1, 0.15) is 12.5 Å². The summed E-state index contributed by atoms with van der Waals surface area (Å²) < 4.78 is 54.4. The Morgan fingerprint density at radius 1 is 1.14 bits per heavy atom. The highest BCUT2D eigenvalue weighted by Gasteiger charge is 2.16. The second-order valence-electron chi connectivity index (χ2n) is 6.58. The van der Waals surface area contributed by atoms with Gasteiger partial charge in [0.25, 0.3) is 0 Å². The Hall–Kier alpha value is -2.68. The van der Waals surface area contributed by atoms with Gasteiger partial charge < -0.3 is 5.32 Å². The van der Waals surface area contributed by atoms with Gasteiger partial charge in [-0.15, -0.1) is 0 Å². The van der Waals surface area contributed by atoms with E-state index in [-0.39, 0.29) is 11.4 Å². The summed E-state index contributed by atoms with van der Waals surface area (Å²) in [6.45, 7) is 2.84. The van der Waals surface area contributed by atoms with Gasteiger partial charge in [-0.1, -0.05) is 23.8 Å². The van der Waals surface area contributed by atoms with Crippen LogP contribution in [0.15, 0.2) is 65.3 Å². The lowest BCUT2D eigenvalue weighted by Crippen LogP contribution is -2.32. The standard InChI is InChI=1S/C21H21F2N3O2S/c1-15(11-16-5-6-18(22)12-20(16)23)13-25-9-10-26-29(27,28)21-4-2-3-17-14-24-8-7-19(17)21/h2-8,11-12,14,25-26H,9-10,13H2,1H3/b15-11+. The molecule has 0 aliphatic heterocycles. The van der Waals surface area contributed by atoms with Crippen LogP contribution in [0.3, 0.4) is 0 Å². The van der Waals surface area contributed by atoms with E-state index in [1.54, 1.807) is 36.7 Å². The van der Waals surface area contributed by atoms with E-state index in [0.717, 1.165) is 17.0 Å². The van der Waals surface area contributed by atoms with Gasteiger partial charge in [-0.3, -0.25) is 4.98 Å². The number of sulfonamides is 1. The number of hydrogen-bond acceptors (Lipinski definition) is 4. The van der Waals surface area contributed by atoms with Crippen LogP contribution in [0.2, 0.25) is 0 Å². The Bertz CT molecular complexity index is 1140. The van der Waals surface area contributed by atoms with Gasteiger partial charge in [-0.25, -0.2) is 21.9 Å². The van der Waals surface area contributed by atoms with Gasteiger partial charge in [0.2, 0.25) is 10.0 Å². The maximum Gasteiger partial charge on any atom is 0.241 e. The molecule has 3 aromatic rings. The van der Waals surface area contributed by atoms with Crippen LogP contribution in [0, 0.1) is 11.6 Å². The van der Waals surface area contributed by atoms with Crippen molar-refractivity contribution in [2.24, 2.45) is 0 Å². The fourth-order valence-corrected chi connectivity index (χ4v) is 4.16. The number of aromatic nitrogens is 1. The van der Waals surface area contributed by atoms with E-state index in [1.807, 2.05) is 13.0 Å². The first-order chi connectivity index (χ1) is 13.9. The summed E-state index contributed by atoms with van der Waals surface area (Å²) in [5, 5.41) is 4.46. The maximum atomic E-state index is 13.7. The fourth-order valence-electron chi connectivity index (χ4n) is 2.90. The van der Waals surface area contributed by atoms with Crippen molar-refractivity contribution in [2.45, 2.75) is 11.8 Å². The van der Waals surface area contributed by atoms with E-state index in [2.05, 4.69) is 15.0 Å². The minimum atomic E-state index is -3.66. The summed E-state index contributed by atoms with van der Waals surface area (Å²) in [7, 11) is -3.66. The molecule has 0 bridgehead atoms. The largest absolute Gasteiger partial charge is 0.312 e. The molecule has 0 amide bonds. The molecular weight excluding hydrogens is 396 g/mol. The molecule has 3 rings (SSSR count). The van der Waals surface area contributed by atoms with Crippen LogP contribution in [0.4, 0.5) is 8.78 Å². The van der Waals surface area contributed by atoms with Gasteiger partial charge in [-0.2, -0.15) is 0 Å². The van der Waals surface area contributed by atoms with Crippen LogP contribution in [-0.2, 0) is 10.0 Å². The van der Waals surface area contributed by atoms with Crippen molar-refractivity contribution in [2.75, 3.05) is 19.6 Å². The second-order valence-corrected chi connectivity index (χ2v) is 8.32. The van der Waals surface area contributed by atoms with Crippen LogP contribution in [0.5, 0.6) is 0 Å². The van der Waals surface area contributed by atoms with Crippen molar-refractivity contribution in [3.63, 3.8) is 0 Å². The van der Waals surface area contributed by atoms with Crippen molar-refractivity contribution >= 4 is 26.9 Å². The molecule has 5 nitrogen and oxygen atoms in total. The van der Waals surface area contributed by atoms with Gasteiger partial charge >= 0.3 is 0 Å². The first-order valence-corrected chi connectivity index (χ1v) is 10.5. The molecule has 152 valence electrons. The second kappa shape index (κ2) is 9.21. The number of benzene rings is 2. The molecule has 0 radical (unpaired) electrons. The van der Waals surface area contributed by atoms with Gasteiger partial charge in [0, 0.05) is 54.4 Å². The number of halogens is 2. The molecule has 0 unspecified atom stereocenters. The molecule has 0 fully saturated rings. The van der Waals surface area contributed by atoms with Crippen LogP contribution < -0.4 is 10.0 Å². The third kappa shape index (κ3) is 5.44. The minimum Gasteiger partial charge on any atom is -0.312 e. The van der Waals surface area contributed by atoms with Crippen molar-refractivity contribution in [1.29, 1.82) is 0 Å². The Kier molecular flexibility index (Phi) is 6.68. The molecule has 1 heterocycles. The van der Waals surface area contributed by atoms with E-state index in [4.69, 9.17) is 0 Å². The van der Waals surface area contributed by atoms with Crippen molar-refractivity contribution in [1.82, 2.24) is 15.0 Å². The molecule has 0 aliphatic rings. The van der Waals surface area contributed by atoms with Crippen molar-refractivity contribution in [3.05, 3.63) is 77.6 Å². The molecule has 0 saturated carbocycles. The average Bonchev–Trinajstić information content (AvgIpc) is 2.69. The smallest absolute Gasteiger partial charge is 0.241 e. The van der Waals surface area contributed by atoms with E-state index in [9.17, 15) is 17.2 Å². The van der Waals surface area contributed by atoms with E-state index < -0.39 is 21.7 Å². The number of rotatable bonds is 8. The summed E-state index contributed by atoms with van der Waals surface area (Å²) in [4.78, 5) is 4.21. The monoisotopic (exact) mass is 417 g/mol. The number of fused-ring (bicyclic) bond motifs is 1. The van der Waals surface area contributed by atoms with Crippen molar-refractivity contribution in [3.8, 4) is 0 Å². The molecule has 29 heavy (non-hydrogen) atoms. The van der Waals surface area contributed by atoms with Gasteiger partial charge in [0.1, 0.15) is 11.6 Å². The van der Waals surface area contributed by atoms with Crippen LogP contribution >= 0.6 is 0 Å². The van der Waals surface area contributed by atoms with E-state index in [0.29, 0.717) is 24.0 Å². The predicted octanol–water partition coefficient (Wildman–Crippen LogP) is 3.48. The topological polar surface area (TPSA) is 71.1 Å². The molecule has 1 aromatic heterocycles. The van der Waals surface area contributed by atoms with Crippen LogP contribution in [0.25, 0.3) is 16.8 Å². The SMILES string of the molecule is C/C(=C\c1ccc(F)cc1F)CNCCNS(=O)(=O)c1cccc2cnccc12. The van der Waals surface area contributed by atoms with Gasteiger partial charge in [0.15, 0.2) is 0 Å². The fraction of sp³-hybridized carbons (Fsp3) is 0.190. The van der Waals surface area contributed by atoms with Crippen LogP contribution in [-0.4, -0.2) is 33.0 Å². The van der Waals surface area contributed by atoms with E-state index in [1.165, 1.54) is 12.1 Å². The number of nitrogens with zero attached hydrogens (tertiary/aromatic N) is 1. The molecule has 2 aromatic carbocycles.